The molecule has 0 aliphatic carbocycles. The Morgan fingerprint density at radius 2 is 2.16 bits per heavy atom. The summed E-state index contributed by atoms with van der Waals surface area (Å²) >= 11 is 1.50. The van der Waals surface area contributed by atoms with Gasteiger partial charge in [-0.25, -0.2) is 0 Å². The van der Waals surface area contributed by atoms with Gasteiger partial charge in [0.15, 0.2) is 0 Å². The summed E-state index contributed by atoms with van der Waals surface area (Å²) in [7, 11) is 1.74. The number of nitrogens with zero attached hydrogens (tertiary/aromatic N) is 1. The van der Waals surface area contributed by atoms with Crippen LogP contribution in [0.3, 0.4) is 0 Å². The molecule has 0 fully saturated rings. The first-order chi connectivity index (χ1) is 9.00. The highest BCUT2D eigenvalue weighted by Crippen LogP contribution is 2.31. The number of alkyl halides is 3. The van der Waals surface area contributed by atoms with Crippen LogP contribution in [0.15, 0.2) is 36.0 Å². The number of rotatable bonds is 4. The van der Waals surface area contributed by atoms with E-state index in [2.05, 4.69) is 10.3 Å². The Kier molecular flexibility index (Phi) is 4.21. The summed E-state index contributed by atoms with van der Waals surface area (Å²) in [5.74, 6) is 0. The Balaban J connectivity index is 2.23. The molecule has 1 aromatic carbocycles. The molecule has 0 saturated heterocycles. The summed E-state index contributed by atoms with van der Waals surface area (Å²) < 4.78 is 38.1. The molecule has 0 spiro atoms. The van der Waals surface area contributed by atoms with Crippen molar-refractivity contribution < 1.29 is 13.2 Å². The first kappa shape index (κ1) is 14.0. The molecule has 102 valence electrons. The van der Waals surface area contributed by atoms with E-state index in [4.69, 9.17) is 0 Å². The Hall–Kier alpha value is -1.40. The van der Waals surface area contributed by atoms with E-state index in [-0.39, 0.29) is 6.04 Å². The molecule has 0 bridgehead atoms. The normalized spacial score (nSPS) is 13.5. The molecule has 0 radical (unpaired) electrons. The van der Waals surface area contributed by atoms with Crippen LogP contribution in [0, 0.1) is 0 Å². The minimum atomic E-state index is -4.31. The Morgan fingerprint density at radius 3 is 2.74 bits per heavy atom. The predicted molar refractivity (Wildman–Crippen MR) is 69.1 cm³/mol. The van der Waals surface area contributed by atoms with Gasteiger partial charge in [-0.3, -0.25) is 4.98 Å². The Labute approximate surface area is 113 Å². The van der Waals surface area contributed by atoms with Gasteiger partial charge in [-0.15, -0.1) is 11.3 Å². The molecule has 1 N–H and O–H groups in total. The lowest BCUT2D eigenvalue weighted by atomic mass is 10.0. The van der Waals surface area contributed by atoms with Crippen LogP contribution in [0.25, 0.3) is 0 Å². The maximum atomic E-state index is 12.7. The van der Waals surface area contributed by atoms with Crippen LogP contribution in [-0.4, -0.2) is 12.0 Å². The van der Waals surface area contributed by atoms with Crippen LogP contribution in [0.4, 0.5) is 13.2 Å². The molecular formula is C13H13F3N2S. The second-order valence-corrected chi connectivity index (χ2v) is 5.11. The van der Waals surface area contributed by atoms with E-state index in [1.807, 2.05) is 0 Å². The topological polar surface area (TPSA) is 24.9 Å². The van der Waals surface area contributed by atoms with Crippen LogP contribution < -0.4 is 5.32 Å². The molecule has 0 saturated carbocycles. The van der Waals surface area contributed by atoms with E-state index in [0.717, 1.165) is 10.9 Å². The van der Waals surface area contributed by atoms with Crippen LogP contribution in [0.5, 0.6) is 0 Å². The number of hydrogen-bond acceptors (Lipinski definition) is 3. The summed E-state index contributed by atoms with van der Waals surface area (Å²) in [6, 6.07) is 5.28. The second kappa shape index (κ2) is 5.71. The van der Waals surface area contributed by atoms with Crippen molar-refractivity contribution >= 4 is 11.3 Å². The van der Waals surface area contributed by atoms with Crippen LogP contribution >= 0.6 is 11.3 Å². The third-order valence-corrected chi connectivity index (χ3v) is 3.66. The molecule has 19 heavy (non-hydrogen) atoms. The quantitative estimate of drug-likeness (QED) is 0.927. The number of hydrogen-bond donors (Lipinski definition) is 1. The van der Waals surface area contributed by atoms with E-state index in [9.17, 15) is 13.2 Å². The molecule has 2 aromatic rings. The first-order valence-corrected chi connectivity index (χ1v) is 6.60. The fourth-order valence-corrected chi connectivity index (χ4v) is 2.50. The zero-order valence-electron chi connectivity index (χ0n) is 10.2. The molecular weight excluding hydrogens is 273 g/mol. The molecule has 1 aromatic heterocycles. The maximum absolute atomic E-state index is 12.7. The lowest BCUT2D eigenvalue weighted by Gasteiger charge is -2.17. The van der Waals surface area contributed by atoms with Gasteiger partial charge in [0, 0.05) is 23.5 Å². The van der Waals surface area contributed by atoms with Gasteiger partial charge in [-0.05, 0) is 24.7 Å². The second-order valence-electron chi connectivity index (χ2n) is 4.14. The van der Waals surface area contributed by atoms with Gasteiger partial charge in [0.2, 0.25) is 0 Å². The van der Waals surface area contributed by atoms with Gasteiger partial charge in [-0.2, -0.15) is 13.2 Å². The third kappa shape index (κ3) is 3.54. The fourth-order valence-electron chi connectivity index (χ4n) is 1.86. The monoisotopic (exact) mass is 286 g/mol. The fraction of sp³-hybridized carbons (Fsp3) is 0.308. The molecule has 0 aliphatic heterocycles. The number of aromatic nitrogens is 1. The highest BCUT2D eigenvalue weighted by molar-refractivity contribution is 7.09. The van der Waals surface area contributed by atoms with E-state index in [1.54, 1.807) is 24.8 Å². The number of benzene rings is 1. The van der Waals surface area contributed by atoms with Crippen LogP contribution in [0.1, 0.15) is 22.0 Å². The Morgan fingerprint density at radius 1 is 1.37 bits per heavy atom. The molecule has 2 rings (SSSR count). The number of thiazole rings is 1. The number of halogens is 3. The van der Waals surface area contributed by atoms with Crippen LogP contribution in [0.2, 0.25) is 0 Å². The number of nitrogens with one attached hydrogen (secondary N) is 1. The lowest BCUT2D eigenvalue weighted by molar-refractivity contribution is -0.137. The zero-order valence-corrected chi connectivity index (χ0v) is 11.1. The molecule has 0 amide bonds. The van der Waals surface area contributed by atoms with Gasteiger partial charge in [0.25, 0.3) is 0 Å². The maximum Gasteiger partial charge on any atom is 0.416 e. The average Bonchev–Trinajstić information content (AvgIpc) is 2.88. The molecule has 1 atom stereocenters. The van der Waals surface area contributed by atoms with E-state index in [0.29, 0.717) is 12.0 Å². The highest BCUT2D eigenvalue weighted by Gasteiger charge is 2.30. The van der Waals surface area contributed by atoms with E-state index in [1.165, 1.54) is 23.5 Å². The molecule has 0 aliphatic rings. The van der Waals surface area contributed by atoms with Crippen molar-refractivity contribution in [1.82, 2.24) is 10.3 Å². The summed E-state index contributed by atoms with van der Waals surface area (Å²) in [4.78, 5) is 5.01. The van der Waals surface area contributed by atoms with Gasteiger partial charge in [0.1, 0.15) is 0 Å². The van der Waals surface area contributed by atoms with Gasteiger partial charge < -0.3 is 5.32 Å². The van der Waals surface area contributed by atoms with Crippen molar-refractivity contribution in [1.29, 1.82) is 0 Å². The first-order valence-electron chi connectivity index (χ1n) is 5.72. The molecule has 1 heterocycles. The summed E-state index contributed by atoms with van der Waals surface area (Å²) in [6.45, 7) is 0. The average molecular weight is 286 g/mol. The van der Waals surface area contributed by atoms with Crippen LogP contribution in [-0.2, 0) is 12.6 Å². The van der Waals surface area contributed by atoms with Gasteiger partial charge in [-0.1, -0.05) is 12.1 Å². The summed E-state index contributed by atoms with van der Waals surface area (Å²) in [5.41, 5.74) is 1.73. The molecule has 1 unspecified atom stereocenters. The lowest BCUT2D eigenvalue weighted by Crippen LogP contribution is -2.19. The van der Waals surface area contributed by atoms with Crippen molar-refractivity contribution in [2.24, 2.45) is 0 Å². The molecule has 2 nitrogen and oxygen atoms in total. The van der Waals surface area contributed by atoms with Crippen molar-refractivity contribution in [2.75, 3.05) is 7.05 Å². The molecule has 6 heteroatoms. The van der Waals surface area contributed by atoms with Gasteiger partial charge >= 0.3 is 6.18 Å². The van der Waals surface area contributed by atoms with Gasteiger partial charge in [0.05, 0.1) is 11.1 Å². The minimum absolute atomic E-state index is 0.150. The largest absolute Gasteiger partial charge is 0.416 e. The van der Waals surface area contributed by atoms with Crippen molar-refractivity contribution in [3.8, 4) is 0 Å². The summed E-state index contributed by atoms with van der Waals surface area (Å²) in [6.07, 6.45) is -1.94. The zero-order chi connectivity index (χ0) is 13.9. The standard InChI is InChI=1S/C13H13F3N2S/c1-17-12(6-11-7-18-8-19-11)9-3-2-4-10(5-9)13(14,15)16/h2-5,7-8,12,17H,6H2,1H3. The smallest absolute Gasteiger partial charge is 0.313 e. The van der Waals surface area contributed by atoms with E-state index < -0.39 is 11.7 Å². The third-order valence-electron chi connectivity index (χ3n) is 2.85. The van der Waals surface area contributed by atoms with Crippen molar-refractivity contribution in [3.63, 3.8) is 0 Å². The Bertz CT molecular complexity index is 523. The minimum Gasteiger partial charge on any atom is -0.313 e. The van der Waals surface area contributed by atoms with E-state index >= 15 is 0 Å². The van der Waals surface area contributed by atoms with Crippen molar-refractivity contribution in [2.45, 2.75) is 18.6 Å². The summed E-state index contributed by atoms with van der Waals surface area (Å²) in [5, 5.41) is 3.05. The SMILES string of the molecule is CNC(Cc1cncs1)c1cccc(C(F)(F)F)c1. The van der Waals surface area contributed by atoms with Crippen molar-refractivity contribution in [3.05, 3.63) is 52.0 Å². The predicted octanol–water partition coefficient (Wildman–Crippen LogP) is 3.67. The highest BCUT2D eigenvalue weighted by atomic mass is 32.1. The number of likely N-dealkylation sites (N-methyl/N-ethyl adjacent to an activating group) is 1.